The van der Waals surface area contributed by atoms with Crippen LogP contribution in [-0.4, -0.2) is 24.5 Å². The average molecular weight is 256 g/mol. The molecule has 3 N–H and O–H groups in total. The van der Waals surface area contributed by atoms with Gasteiger partial charge in [0, 0.05) is 12.4 Å². The zero-order chi connectivity index (χ0) is 11.7. The van der Waals surface area contributed by atoms with Crippen LogP contribution in [0.25, 0.3) is 5.82 Å². The van der Waals surface area contributed by atoms with Crippen LogP contribution in [0.2, 0.25) is 5.02 Å². The lowest BCUT2D eigenvalue weighted by Crippen LogP contribution is -2.19. The van der Waals surface area contributed by atoms with Crippen LogP contribution in [0.1, 0.15) is 5.82 Å². The second kappa shape index (κ2) is 4.03. The molecule has 16 heavy (non-hydrogen) atoms. The summed E-state index contributed by atoms with van der Waals surface area (Å²) in [6.07, 6.45) is 4.31. The molecule has 0 atom stereocenters. The highest BCUT2D eigenvalue weighted by molar-refractivity contribution is 7.80. The SMILES string of the molecule is NC(=S)c1nccn1-c1nc[nH]c(=O)c1Cl. The van der Waals surface area contributed by atoms with E-state index in [1.54, 1.807) is 6.20 Å². The van der Waals surface area contributed by atoms with E-state index in [2.05, 4.69) is 15.0 Å². The summed E-state index contributed by atoms with van der Waals surface area (Å²) in [6.45, 7) is 0. The lowest BCUT2D eigenvalue weighted by atomic mass is 10.5. The maximum absolute atomic E-state index is 11.3. The molecule has 0 aliphatic rings. The van der Waals surface area contributed by atoms with Gasteiger partial charge in [0.1, 0.15) is 10.0 Å². The fourth-order valence-corrected chi connectivity index (χ4v) is 1.54. The van der Waals surface area contributed by atoms with Crippen molar-refractivity contribution in [2.45, 2.75) is 0 Å². The van der Waals surface area contributed by atoms with Gasteiger partial charge >= 0.3 is 0 Å². The largest absolute Gasteiger partial charge is 0.387 e. The Morgan fingerprint density at radius 1 is 1.56 bits per heavy atom. The van der Waals surface area contributed by atoms with Crippen molar-refractivity contribution in [2.75, 3.05) is 0 Å². The van der Waals surface area contributed by atoms with E-state index in [9.17, 15) is 4.79 Å². The number of hydrogen-bond donors (Lipinski definition) is 2. The van der Waals surface area contributed by atoms with E-state index in [0.29, 0.717) is 5.82 Å². The van der Waals surface area contributed by atoms with Crippen molar-refractivity contribution in [3.8, 4) is 5.82 Å². The summed E-state index contributed by atoms with van der Waals surface area (Å²) in [5.41, 5.74) is 5.04. The summed E-state index contributed by atoms with van der Waals surface area (Å²) in [6, 6.07) is 0. The second-order valence-electron chi connectivity index (χ2n) is 2.85. The van der Waals surface area contributed by atoms with Crippen molar-refractivity contribution >= 4 is 28.8 Å². The minimum Gasteiger partial charge on any atom is -0.387 e. The van der Waals surface area contributed by atoms with E-state index in [-0.39, 0.29) is 15.8 Å². The predicted molar refractivity (Wildman–Crippen MR) is 62.9 cm³/mol. The third kappa shape index (κ3) is 1.70. The number of imidazole rings is 1. The van der Waals surface area contributed by atoms with Gasteiger partial charge in [-0.25, -0.2) is 9.97 Å². The van der Waals surface area contributed by atoms with Gasteiger partial charge in [-0.3, -0.25) is 9.36 Å². The molecule has 82 valence electrons. The Labute approximate surface area is 100 Å². The molecule has 0 unspecified atom stereocenters. The van der Waals surface area contributed by atoms with Crippen LogP contribution in [-0.2, 0) is 0 Å². The third-order valence-electron chi connectivity index (χ3n) is 1.87. The second-order valence-corrected chi connectivity index (χ2v) is 3.67. The Balaban J connectivity index is 2.68. The molecule has 0 bridgehead atoms. The van der Waals surface area contributed by atoms with E-state index in [4.69, 9.17) is 29.6 Å². The highest BCUT2D eigenvalue weighted by atomic mass is 35.5. The first-order valence-corrected chi connectivity index (χ1v) is 4.96. The van der Waals surface area contributed by atoms with Crippen LogP contribution in [0.4, 0.5) is 0 Å². The molecule has 0 fully saturated rings. The zero-order valence-electron chi connectivity index (χ0n) is 7.85. The van der Waals surface area contributed by atoms with Crippen LogP contribution in [0, 0.1) is 0 Å². The lowest BCUT2D eigenvalue weighted by molar-refractivity contribution is 0.947. The number of H-pyrrole nitrogens is 1. The minimum atomic E-state index is -0.436. The van der Waals surface area contributed by atoms with E-state index in [1.165, 1.54) is 17.1 Å². The molecule has 0 aromatic carbocycles. The maximum atomic E-state index is 11.3. The Morgan fingerprint density at radius 3 is 3.00 bits per heavy atom. The lowest BCUT2D eigenvalue weighted by Gasteiger charge is -2.05. The highest BCUT2D eigenvalue weighted by Gasteiger charge is 2.13. The fraction of sp³-hybridized carbons (Fsp3) is 0. The summed E-state index contributed by atoms with van der Waals surface area (Å²) in [5.74, 6) is 0.570. The van der Waals surface area contributed by atoms with Gasteiger partial charge in [-0.15, -0.1) is 0 Å². The summed E-state index contributed by atoms with van der Waals surface area (Å²) in [4.78, 5) is 21.6. The van der Waals surface area contributed by atoms with Crippen LogP contribution in [0.5, 0.6) is 0 Å². The van der Waals surface area contributed by atoms with Crippen molar-refractivity contribution in [1.29, 1.82) is 0 Å². The maximum Gasteiger partial charge on any atom is 0.271 e. The Morgan fingerprint density at radius 2 is 2.31 bits per heavy atom. The van der Waals surface area contributed by atoms with Gasteiger partial charge in [-0.2, -0.15) is 0 Å². The summed E-state index contributed by atoms with van der Waals surface area (Å²) >= 11 is 10.6. The molecule has 0 spiro atoms. The zero-order valence-corrected chi connectivity index (χ0v) is 9.42. The highest BCUT2D eigenvalue weighted by Crippen LogP contribution is 2.14. The van der Waals surface area contributed by atoms with Gasteiger partial charge < -0.3 is 10.7 Å². The van der Waals surface area contributed by atoms with Gasteiger partial charge in [0.25, 0.3) is 5.56 Å². The topological polar surface area (TPSA) is 89.6 Å². The number of thiocarbonyl (C=S) groups is 1. The minimum absolute atomic E-state index is 0.0435. The monoisotopic (exact) mass is 255 g/mol. The van der Waals surface area contributed by atoms with E-state index < -0.39 is 5.56 Å². The normalized spacial score (nSPS) is 10.3. The molecule has 8 heteroatoms. The first-order chi connectivity index (χ1) is 7.61. The molecule has 0 amide bonds. The third-order valence-corrected chi connectivity index (χ3v) is 2.39. The number of rotatable bonds is 2. The molecule has 0 saturated carbocycles. The number of aromatic amines is 1. The van der Waals surface area contributed by atoms with Gasteiger partial charge in [-0.1, -0.05) is 23.8 Å². The van der Waals surface area contributed by atoms with Gasteiger partial charge in [0.15, 0.2) is 11.6 Å². The number of nitrogens with one attached hydrogen (secondary N) is 1. The van der Waals surface area contributed by atoms with Crippen molar-refractivity contribution < 1.29 is 0 Å². The first kappa shape index (κ1) is 10.8. The van der Waals surface area contributed by atoms with E-state index in [0.717, 1.165) is 0 Å². The van der Waals surface area contributed by atoms with Gasteiger partial charge in [0.05, 0.1) is 6.33 Å². The summed E-state index contributed by atoms with van der Waals surface area (Å²) in [7, 11) is 0. The molecular formula is C8H6ClN5OS. The van der Waals surface area contributed by atoms with Gasteiger partial charge in [0.2, 0.25) is 0 Å². The molecule has 2 aromatic rings. The number of nitrogens with zero attached hydrogens (tertiary/aromatic N) is 3. The molecule has 0 aliphatic carbocycles. The first-order valence-electron chi connectivity index (χ1n) is 4.18. The van der Waals surface area contributed by atoms with Crippen molar-refractivity contribution in [2.24, 2.45) is 5.73 Å². The predicted octanol–water partition coefficient (Wildman–Crippen LogP) is 0.243. The van der Waals surface area contributed by atoms with Crippen LogP contribution in [0.3, 0.4) is 0 Å². The van der Waals surface area contributed by atoms with E-state index in [1.807, 2.05) is 0 Å². The van der Waals surface area contributed by atoms with Crippen LogP contribution in [0.15, 0.2) is 23.5 Å². The van der Waals surface area contributed by atoms with Gasteiger partial charge in [-0.05, 0) is 0 Å². The standard InChI is InChI=1S/C8H6ClN5OS/c9-4-6(12-3-13-8(4)15)14-2-1-11-7(14)5(10)16/h1-3H,(H2,10,16)(H,12,13,15). The Hall–Kier alpha value is -1.73. The summed E-state index contributed by atoms with van der Waals surface area (Å²) < 4.78 is 1.46. The molecule has 0 saturated heterocycles. The van der Waals surface area contributed by atoms with Crippen LogP contribution >= 0.6 is 23.8 Å². The molecule has 2 heterocycles. The molecule has 0 radical (unpaired) electrons. The smallest absolute Gasteiger partial charge is 0.271 e. The van der Waals surface area contributed by atoms with Crippen LogP contribution < -0.4 is 11.3 Å². The van der Waals surface area contributed by atoms with Crippen molar-refractivity contribution in [3.05, 3.63) is 39.9 Å². The quantitative estimate of drug-likeness (QED) is 0.751. The van der Waals surface area contributed by atoms with Crippen molar-refractivity contribution in [1.82, 2.24) is 19.5 Å². The fourth-order valence-electron chi connectivity index (χ4n) is 1.20. The number of nitrogens with two attached hydrogens (primary N) is 1. The molecule has 2 rings (SSSR count). The molecule has 2 aromatic heterocycles. The molecular weight excluding hydrogens is 250 g/mol. The molecule has 0 aliphatic heterocycles. The average Bonchev–Trinajstić information content (AvgIpc) is 2.70. The Bertz CT molecular complexity index is 604. The number of aromatic nitrogens is 4. The molecule has 6 nitrogen and oxygen atoms in total. The summed E-state index contributed by atoms with van der Waals surface area (Å²) in [5, 5.41) is -0.0435. The van der Waals surface area contributed by atoms with Crippen molar-refractivity contribution in [3.63, 3.8) is 0 Å². The number of hydrogen-bond acceptors (Lipinski definition) is 4. The Kier molecular flexibility index (Phi) is 2.71. The number of halogens is 1. The van der Waals surface area contributed by atoms with E-state index >= 15 is 0 Å².